The second-order valence-corrected chi connectivity index (χ2v) is 4.03. The van der Waals surface area contributed by atoms with Gasteiger partial charge in [-0.1, -0.05) is 35.5 Å². The Morgan fingerprint density at radius 2 is 2.00 bits per heavy atom. The topological polar surface area (TPSA) is 60.2 Å². The fourth-order valence-electron chi connectivity index (χ4n) is 1.67. The van der Waals surface area contributed by atoms with Gasteiger partial charge < -0.3 is 14.6 Å². The van der Waals surface area contributed by atoms with Gasteiger partial charge in [-0.15, -0.1) is 0 Å². The van der Waals surface area contributed by atoms with Gasteiger partial charge in [0.1, 0.15) is 6.10 Å². The van der Waals surface area contributed by atoms with Gasteiger partial charge in [0.2, 0.25) is 11.7 Å². The van der Waals surface area contributed by atoms with Gasteiger partial charge in [0.25, 0.3) is 0 Å². The summed E-state index contributed by atoms with van der Waals surface area (Å²) in [6, 6.07) is 9.86. The number of aromatic nitrogens is 2. The number of nitrogens with zero attached hydrogens (tertiary/aromatic N) is 2. The molecule has 2 atom stereocenters. The number of hydrogen-bond acceptors (Lipinski definition) is 5. The first-order chi connectivity index (χ1) is 8.76. The van der Waals surface area contributed by atoms with E-state index in [9.17, 15) is 0 Å². The fourth-order valence-corrected chi connectivity index (χ4v) is 1.67. The summed E-state index contributed by atoms with van der Waals surface area (Å²) in [6.45, 7) is 1.96. The Balaban J connectivity index is 2.26. The smallest absolute Gasteiger partial charge is 0.243 e. The third-order valence-electron chi connectivity index (χ3n) is 2.83. The molecule has 0 aliphatic carbocycles. The molecule has 0 saturated carbocycles. The van der Waals surface area contributed by atoms with Crippen LogP contribution in [0, 0.1) is 0 Å². The lowest BCUT2D eigenvalue weighted by Gasteiger charge is -2.11. The predicted molar refractivity (Wildman–Crippen MR) is 67.1 cm³/mol. The Hall–Kier alpha value is -1.72. The van der Waals surface area contributed by atoms with Crippen molar-refractivity contribution in [1.29, 1.82) is 0 Å². The maximum absolute atomic E-state index is 5.44. The molecule has 0 spiro atoms. The highest BCUT2D eigenvalue weighted by molar-refractivity contribution is 5.22. The molecule has 0 bridgehead atoms. The predicted octanol–water partition coefficient (Wildman–Crippen LogP) is 2.09. The summed E-state index contributed by atoms with van der Waals surface area (Å²) in [5.74, 6) is 1.10. The molecule has 96 valence electrons. The number of methoxy groups -OCH3 is 1. The maximum Gasteiger partial charge on any atom is 0.243 e. The fraction of sp³-hybridized carbons (Fsp3) is 0.385. The van der Waals surface area contributed by atoms with Crippen molar-refractivity contribution in [2.24, 2.45) is 0 Å². The molecule has 0 radical (unpaired) electrons. The quantitative estimate of drug-likeness (QED) is 0.876. The molecule has 2 unspecified atom stereocenters. The Labute approximate surface area is 106 Å². The minimum absolute atomic E-state index is 0.0273. The molecular weight excluding hydrogens is 230 g/mol. The van der Waals surface area contributed by atoms with E-state index in [1.54, 1.807) is 7.11 Å². The largest absolute Gasteiger partial charge is 0.369 e. The molecule has 2 aromatic rings. The average Bonchev–Trinajstić information content (AvgIpc) is 2.89. The van der Waals surface area contributed by atoms with Gasteiger partial charge in [-0.2, -0.15) is 4.98 Å². The van der Waals surface area contributed by atoms with Crippen molar-refractivity contribution >= 4 is 0 Å². The van der Waals surface area contributed by atoms with Crippen molar-refractivity contribution < 1.29 is 9.26 Å². The molecular formula is C13H17N3O2. The van der Waals surface area contributed by atoms with E-state index in [2.05, 4.69) is 15.5 Å². The minimum atomic E-state index is -0.298. The van der Waals surface area contributed by atoms with Crippen LogP contribution in [0.2, 0.25) is 0 Å². The van der Waals surface area contributed by atoms with E-state index < -0.39 is 0 Å². The summed E-state index contributed by atoms with van der Waals surface area (Å²) in [4.78, 5) is 4.36. The van der Waals surface area contributed by atoms with E-state index in [0.717, 1.165) is 5.56 Å². The third kappa shape index (κ3) is 2.57. The molecule has 0 saturated heterocycles. The zero-order chi connectivity index (χ0) is 13.0. The number of hydrogen-bond donors (Lipinski definition) is 1. The van der Waals surface area contributed by atoms with Gasteiger partial charge in [0.15, 0.2) is 0 Å². The Bertz CT molecular complexity index is 484. The van der Waals surface area contributed by atoms with Crippen LogP contribution in [0.1, 0.15) is 36.3 Å². The van der Waals surface area contributed by atoms with Crippen LogP contribution < -0.4 is 5.32 Å². The Kier molecular flexibility index (Phi) is 4.07. The summed E-state index contributed by atoms with van der Waals surface area (Å²) in [5.41, 5.74) is 1.00. The van der Waals surface area contributed by atoms with Gasteiger partial charge in [-0.05, 0) is 19.5 Å². The van der Waals surface area contributed by atoms with Crippen LogP contribution >= 0.6 is 0 Å². The summed E-state index contributed by atoms with van der Waals surface area (Å²) >= 11 is 0. The number of rotatable bonds is 5. The van der Waals surface area contributed by atoms with Crippen LogP contribution in [-0.4, -0.2) is 24.3 Å². The van der Waals surface area contributed by atoms with Crippen LogP contribution in [0.4, 0.5) is 0 Å². The van der Waals surface area contributed by atoms with Crippen LogP contribution in [0.25, 0.3) is 0 Å². The van der Waals surface area contributed by atoms with Crippen molar-refractivity contribution in [2.45, 2.75) is 19.1 Å². The zero-order valence-corrected chi connectivity index (χ0v) is 10.8. The molecule has 0 aliphatic rings. The van der Waals surface area contributed by atoms with Crippen molar-refractivity contribution in [2.75, 3.05) is 14.2 Å². The molecule has 1 aromatic carbocycles. The number of ether oxygens (including phenoxy) is 1. The van der Waals surface area contributed by atoms with E-state index >= 15 is 0 Å². The Morgan fingerprint density at radius 3 is 2.61 bits per heavy atom. The second-order valence-electron chi connectivity index (χ2n) is 4.03. The molecule has 0 fully saturated rings. The van der Waals surface area contributed by atoms with E-state index in [1.165, 1.54) is 0 Å². The highest BCUT2D eigenvalue weighted by atomic mass is 16.5. The van der Waals surface area contributed by atoms with E-state index in [1.807, 2.05) is 44.3 Å². The van der Waals surface area contributed by atoms with Crippen LogP contribution in [0.15, 0.2) is 34.9 Å². The van der Waals surface area contributed by atoms with E-state index in [4.69, 9.17) is 9.26 Å². The summed E-state index contributed by atoms with van der Waals surface area (Å²) in [6.07, 6.45) is -0.298. The van der Waals surface area contributed by atoms with E-state index in [-0.39, 0.29) is 12.1 Å². The first kappa shape index (κ1) is 12.7. The molecule has 1 heterocycles. The van der Waals surface area contributed by atoms with Crippen molar-refractivity contribution in [1.82, 2.24) is 15.5 Å². The normalized spacial score (nSPS) is 14.4. The van der Waals surface area contributed by atoms with Gasteiger partial charge in [0, 0.05) is 7.11 Å². The van der Waals surface area contributed by atoms with E-state index in [0.29, 0.717) is 11.7 Å². The van der Waals surface area contributed by atoms with Crippen LogP contribution in [-0.2, 0) is 4.74 Å². The summed E-state index contributed by atoms with van der Waals surface area (Å²) < 4.78 is 10.7. The summed E-state index contributed by atoms with van der Waals surface area (Å²) in [7, 11) is 3.48. The molecule has 5 heteroatoms. The lowest BCUT2D eigenvalue weighted by atomic mass is 10.1. The monoisotopic (exact) mass is 247 g/mol. The first-order valence-corrected chi connectivity index (χ1v) is 5.84. The lowest BCUT2D eigenvalue weighted by molar-refractivity contribution is 0.126. The number of benzene rings is 1. The van der Waals surface area contributed by atoms with Gasteiger partial charge in [-0.25, -0.2) is 0 Å². The van der Waals surface area contributed by atoms with Crippen LogP contribution in [0.5, 0.6) is 0 Å². The average molecular weight is 247 g/mol. The molecule has 0 amide bonds. The molecule has 5 nitrogen and oxygen atoms in total. The Morgan fingerprint density at radius 1 is 1.28 bits per heavy atom. The third-order valence-corrected chi connectivity index (χ3v) is 2.83. The molecule has 2 rings (SSSR count). The standard InChI is InChI=1S/C13H17N3O2/c1-9(14-2)13-15-12(16-18-13)11(17-3)10-7-5-4-6-8-10/h4-9,11,14H,1-3H3. The second kappa shape index (κ2) is 5.75. The highest BCUT2D eigenvalue weighted by Gasteiger charge is 2.21. The number of nitrogens with one attached hydrogen (secondary N) is 1. The molecule has 0 aliphatic heterocycles. The molecule has 18 heavy (non-hydrogen) atoms. The zero-order valence-electron chi connectivity index (χ0n) is 10.8. The molecule has 1 aromatic heterocycles. The van der Waals surface area contributed by atoms with Gasteiger partial charge in [-0.3, -0.25) is 0 Å². The molecule has 1 N–H and O–H groups in total. The minimum Gasteiger partial charge on any atom is -0.369 e. The van der Waals surface area contributed by atoms with Crippen molar-refractivity contribution in [3.8, 4) is 0 Å². The maximum atomic E-state index is 5.44. The van der Waals surface area contributed by atoms with Gasteiger partial charge >= 0.3 is 0 Å². The lowest BCUT2D eigenvalue weighted by Crippen LogP contribution is -2.13. The SMILES string of the molecule is CNC(C)c1nc(C(OC)c2ccccc2)no1. The van der Waals surface area contributed by atoms with Crippen LogP contribution in [0.3, 0.4) is 0 Å². The van der Waals surface area contributed by atoms with Gasteiger partial charge in [0.05, 0.1) is 6.04 Å². The summed E-state index contributed by atoms with van der Waals surface area (Å²) in [5, 5.41) is 7.04. The highest BCUT2D eigenvalue weighted by Crippen LogP contribution is 2.23. The van der Waals surface area contributed by atoms with Crippen molar-refractivity contribution in [3.05, 3.63) is 47.6 Å². The first-order valence-electron chi connectivity index (χ1n) is 5.84. The van der Waals surface area contributed by atoms with Crippen molar-refractivity contribution in [3.63, 3.8) is 0 Å².